The lowest BCUT2D eigenvalue weighted by Crippen LogP contribution is -2.91. The van der Waals surface area contributed by atoms with Crippen molar-refractivity contribution in [2.75, 3.05) is 6.61 Å². The van der Waals surface area contributed by atoms with E-state index in [2.05, 4.69) is 42.9 Å². The molecule has 0 amide bonds. The van der Waals surface area contributed by atoms with E-state index >= 15 is 0 Å². The van der Waals surface area contributed by atoms with Gasteiger partial charge in [-0.05, 0) is 36.0 Å². The number of carbonyl (C=O) groups is 1. The van der Waals surface area contributed by atoms with Gasteiger partial charge in [0.25, 0.3) is 0 Å². The second-order valence-corrected chi connectivity index (χ2v) is 11.1. The lowest BCUT2D eigenvalue weighted by molar-refractivity contribution is -0.465. The average molecular weight is 409 g/mol. The Labute approximate surface area is 174 Å². The minimum Gasteiger partial charge on any atom is -0.387 e. The summed E-state index contributed by atoms with van der Waals surface area (Å²) in [5.74, 6) is -2.05. The molecule has 2 N–H and O–H groups in total. The van der Waals surface area contributed by atoms with Crippen molar-refractivity contribution in [1.29, 1.82) is 0 Å². The van der Waals surface area contributed by atoms with Crippen molar-refractivity contribution < 1.29 is 19.7 Å². The van der Waals surface area contributed by atoms with Crippen molar-refractivity contribution in [2.45, 2.75) is 44.6 Å². The van der Waals surface area contributed by atoms with Crippen LogP contribution in [0.2, 0.25) is 0 Å². The SMILES string of the molecule is C=C1C2C(=O)[C@@]34C(CC[C@@H]1[C@@H]23)[C@@]12CO[C@]4(O)[C@@H](O)[C@@H]1C(C)(C)C=C[C@H]2n1ccnn1. The fraction of sp³-hybridized carbons (Fsp3) is 0.696. The van der Waals surface area contributed by atoms with Crippen LogP contribution in [0.5, 0.6) is 0 Å². The fourth-order valence-corrected chi connectivity index (χ4v) is 9.25. The number of ether oxygens (including phenoxy) is 1. The summed E-state index contributed by atoms with van der Waals surface area (Å²) in [7, 11) is 0. The minimum atomic E-state index is -1.84. The zero-order chi connectivity index (χ0) is 20.8. The summed E-state index contributed by atoms with van der Waals surface area (Å²) >= 11 is 0. The molecule has 2 aliphatic heterocycles. The molecule has 1 aromatic rings. The quantitative estimate of drug-likeness (QED) is 0.683. The molecule has 4 saturated carbocycles. The molecule has 1 aromatic heterocycles. The van der Waals surface area contributed by atoms with E-state index in [1.807, 2.05) is 10.9 Å². The summed E-state index contributed by atoms with van der Waals surface area (Å²) in [6, 6.07) is -0.189. The van der Waals surface area contributed by atoms with Crippen molar-refractivity contribution >= 4 is 5.78 Å². The maximum Gasteiger partial charge on any atom is 0.205 e. The number of fused-ring (bicyclic) bond motifs is 1. The second kappa shape index (κ2) is 4.81. The van der Waals surface area contributed by atoms with E-state index in [1.54, 1.807) is 6.20 Å². The Balaban J connectivity index is 1.51. The third kappa shape index (κ3) is 1.42. The molecule has 0 radical (unpaired) electrons. The highest BCUT2D eigenvalue weighted by Crippen LogP contribution is 2.84. The van der Waals surface area contributed by atoms with E-state index in [1.165, 1.54) is 0 Å². The molecule has 158 valence electrons. The molecule has 30 heavy (non-hydrogen) atoms. The first-order valence-corrected chi connectivity index (χ1v) is 11.1. The fourth-order valence-electron chi connectivity index (χ4n) is 9.25. The van der Waals surface area contributed by atoms with Crippen LogP contribution in [0.25, 0.3) is 0 Å². The van der Waals surface area contributed by atoms with Crippen molar-refractivity contribution in [3.8, 4) is 0 Å². The molecule has 3 heterocycles. The van der Waals surface area contributed by atoms with E-state index in [9.17, 15) is 15.0 Å². The summed E-state index contributed by atoms with van der Waals surface area (Å²) in [5.41, 5.74) is -0.935. The van der Waals surface area contributed by atoms with Gasteiger partial charge in [-0.3, -0.25) is 4.79 Å². The number of carbonyl (C=O) groups excluding carboxylic acids is 1. The van der Waals surface area contributed by atoms with Gasteiger partial charge in [0, 0.05) is 23.4 Å². The van der Waals surface area contributed by atoms with Crippen LogP contribution in [0.1, 0.15) is 32.7 Å². The number of nitrogens with zero attached hydrogens (tertiary/aromatic N) is 3. The number of allylic oxidation sites excluding steroid dienone is 3. The van der Waals surface area contributed by atoms with Crippen LogP contribution in [-0.2, 0) is 9.53 Å². The van der Waals surface area contributed by atoms with Crippen molar-refractivity contribution in [3.63, 3.8) is 0 Å². The number of aliphatic hydroxyl groups excluding tert-OH is 1. The maximum atomic E-state index is 13.7. The molecule has 6 fully saturated rings. The van der Waals surface area contributed by atoms with Gasteiger partial charge in [-0.2, -0.15) is 0 Å². The largest absolute Gasteiger partial charge is 0.387 e. The number of rotatable bonds is 1. The summed E-state index contributed by atoms with van der Waals surface area (Å²) in [4.78, 5) is 13.7. The molecular formula is C23H27N3O4. The van der Waals surface area contributed by atoms with E-state index in [4.69, 9.17) is 4.74 Å². The molecule has 5 aliphatic carbocycles. The van der Waals surface area contributed by atoms with Gasteiger partial charge in [0.15, 0.2) is 5.78 Å². The minimum absolute atomic E-state index is 0.0273. The number of hydrogen-bond acceptors (Lipinski definition) is 6. The molecule has 7 nitrogen and oxygen atoms in total. The van der Waals surface area contributed by atoms with Crippen LogP contribution in [0.15, 0.2) is 36.7 Å². The van der Waals surface area contributed by atoms with Crippen LogP contribution in [0, 0.1) is 45.8 Å². The number of aromatic nitrogens is 3. The van der Waals surface area contributed by atoms with E-state index in [0.29, 0.717) is 6.61 Å². The highest BCUT2D eigenvalue weighted by molar-refractivity contribution is 6.01. The normalized spacial score (nSPS) is 56.5. The topological polar surface area (TPSA) is 97.5 Å². The second-order valence-electron chi connectivity index (χ2n) is 11.1. The van der Waals surface area contributed by atoms with Gasteiger partial charge in [0.1, 0.15) is 6.10 Å². The van der Waals surface area contributed by atoms with Gasteiger partial charge in [-0.15, -0.1) is 5.10 Å². The first-order chi connectivity index (χ1) is 14.2. The summed E-state index contributed by atoms with van der Waals surface area (Å²) in [5, 5.41) is 32.0. The molecule has 0 aromatic carbocycles. The number of ketones is 1. The maximum absolute atomic E-state index is 13.7. The van der Waals surface area contributed by atoms with Gasteiger partial charge >= 0.3 is 0 Å². The van der Waals surface area contributed by atoms with Gasteiger partial charge in [-0.25, -0.2) is 4.68 Å². The molecular weight excluding hydrogens is 382 g/mol. The van der Waals surface area contributed by atoms with Gasteiger partial charge < -0.3 is 14.9 Å². The van der Waals surface area contributed by atoms with Gasteiger partial charge in [-0.1, -0.05) is 43.4 Å². The molecule has 10 atom stereocenters. The Morgan fingerprint density at radius 1 is 1.33 bits per heavy atom. The average Bonchev–Trinajstić information content (AvgIpc) is 3.21. The molecule has 7 heteroatoms. The third-order valence-corrected chi connectivity index (χ3v) is 10.1. The lowest BCUT2D eigenvalue weighted by atomic mass is 9.23. The van der Waals surface area contributed by atoms with Crippen LogP contribution >= 0.6 is 0 Å². The van der Waals surface area contributed by atoms with E-state index < -0.39 is 22.7 Å². The van der Waals surface area contributed by atoms with Crippen LogP contribution in [-0.4, -0.2) is 49.5 Å². The first-order valence-electron chi connectivity index (χ1n) is 11.1. The Bertz CT molecular complexity index is 1030. The Kier molecular flexibility index (Phi) is 2.86. The summed E-state index contributed by atoms with van der Waals surface area (Å²) in [6.45, 7) is 8.68. The van der Waals surface area contributed by atoms with E-state index in [0.717, 1.165) is 18.4 Å². The van der Waals surface area contributed by atoms with Crippen LogP contribution < -0.4 is 0 Å². The highest BCUT2D eigenvalue weighted by atomic mass is 16.6. The van der Waals surface area contributed by atoms with Gasteiger partial charge in [0.2, 0.25) is 5.79 Å². The predicted octanol–water partition coefficient (Wildman–Crippen LogP) is 1.51. The number of aliphatic hydroxyl groups is 2. The van der Waals surface area contributed by atoms with Crippen LogP contribution in [0.3, 0.4) is 0 Å². The number of hydrogen-bond donors (Lipinski definition) is 2. The highest BCUT2D eigenvalue weighted by Gasteiger charge is 2.91. The van der Waals surface area contributed by atoms with Crippen molar-refractivity contribution in [1.82, 2.24) is 15.0 Å². The van der Waals surface area contributed by atoms with E-state index in [-0.39, 0.29) is 46.8 Å². The molecule has 7 aliphatic rings. The summed E-state index contributed by atoms with van der Waals surface area (Å²) in [6.07, 6.45) is 8.43. The predicted molar refractivity (Wildman–Crippen MR) is 105 cm³/mol. The monoisotopic (exact) mass is 409 g/mol. The third-order valence-electron chi connectivity index (χ3n) is 10.1. The molecule has 2 saturated heterocycles. The first kappa shape index (κ1) is 17.8. The lowest BCUT2D eigenvalue weighted by Gasteiger charge is -2.82. The Morgan fingerprint density at radius 3 is 2.87 bits per heavy atom. The molecule has 2 spiro atoms. The van der Waals surface area contributed by atoms with Gasteiger partial charge in [0.05, 0.1) is 24.3 Å². The van der Waals surface area contributed by atoms with Crippen LogP contribution in [0.4, 0.5) is 0 Å². The molecule has 2 bridgehead atoms. The molecule has 2 unspecified atom stereocenters. The zero-order valence-corrected chi connectivity index (χ0v) is 17.2. The zero-order valence-electron chi connectivity index (χ0n) is 17.2. The Morgan fingerprint density at radius 2 is 2.13 bits per heavy atom. The van der Waals surface area contributed by atoms with Crippen molar-refractivity contribution in [2.24, 2.45) is 45.8 Å². The summed E-state index contributed by atoms with van der Waals surface area (Å²) < 4.78 is 8.02. The standard InChI is InChI=1S/C23H27N3O4/c1-11-12-4-5-13-21-10-30-23(29,22(13)16(12)15(11)18(22)27)19(28)17(21)20(2,3)7-6-14(21)26-9-8-24-25-26/h6-9,12-17,19,28-29H,1,4-5,10H2,2-3H3/t12-,13?,14+,15?,16-,17+,19-,21+,22+,23+/m0/s1. The smallest absolute Gasteiger partial charge is 0.205 e. The molecule has 8 rings (SSSR count). The Hall–Kier alpha value is -1.83. The van der Waals surface area contributed by atoms with Crippen molar-refractivity contribution in [3.05, 3.63) is 36.7 Å². The number of Topliss-reactive ketones (excluding diaryl/α,β-unsaturated/α-hetero) is 1.